The van der Waals surface area contributed by atoms with Gasteiger partial charge in [0.15, 0.2) is 0 Å². The number of rotatable bonds is 6. The van der Waals surface area contributed by atoms with E-state index in [1.165, 1.54) is 11.3 Å². The molecule has 0 saturated heterocycles. The van der Waals surface area contributed by atoms with Crippen LogP contribution < -0.4 is 10.6 Å². The summed E-state index contributed by atoms with van der Waals surface area (Å²) in [5.41, 5.74) is 1.09. The third kappa shape index (κ3) is 4.46. The zero-order chi connectivity index (χ0) is 12.8. The SMILES string of the molecule is CNC(C)CNC(=O)c1sccc1CN(C)C. The summed E-state index contributed by atoms with van der Waals surface area (Å²) in [5, 5.41) is 8.00. The summed E-state index contributed by atoms with van der Waals surface area (Å²) < 4.78 is 0. The first-order chi connectivity index (χ1) is 8.04. The van der Waals surface area contributed by atoms with Crippen molar-refractivity contribution in [3.63, 3.8) is 0 Å². The van der Waals surface area contributed by atoms with Gasteiger partial charge in [-0.3, -0.25) is 4.79 Å². The molecule has 1 aromatic heterocycles. The van der Waals surface area contributed by atoms with Crippen molar-refractivity contribution < 1.29 is 4.79 Å². The van der Waals surface area contributed by atoms with Crippen LogP contribution in [0.3, 0.4) is 0 Å². The van der Waals surface area contributed by atoms with Crippen LogP contribution in [0.15, 0.2) is 11.4 Å². The van der Waals surface area contributed by atoms with Gasteiger partial charge >= 0.3 is 0 Å². The second-order valence-corrected chi connectivity index (χ2v) is 5.33. The predicted molar refractivity (Wildman–Crippen MR) is 72.6 cm³/mol. The van der Waals surface area contributed by atoms with Gasteiger partial charge in [-0.15, -0.1) is 11.3 Å². The maximum Gasteiger partial charge on any atom is 0.261 e. The molecule has 96 valence electrons. The summed E-state index contributed by atoms with van der Waals surface area (Å²) in [6, 6.07) is 2.30. The molecule has 0 saturated carbocycles. The maximum absolute atomic E-state index is 12.0. The Hall–Kier alpha value is -0.910. The fraction of sp³-hybridized carbons (Fsp3) is 0.583. The maximum atomic E-state index is 12.0. The van der Waals surface area contributed by atoms with Crippen LogP contribution in [0.4, 0.5) is 0 Å². The fourth-order valence-electron chi connectivity index (χ4n) is 1.43. The quantitative estimate of drug-likeness (QED) is 0.801. The molecule has 5 heteroatoms. The molecule has 0 aromatic carbocycles. The van der Waals surface area contributed by atoms with Crippen molar-refractivity contribution in [2.45, 2.75) is 19.5 Å². The predicted octanol–water partition coefficient (Wildman–Crippen LogP) is 1.15. The third-order valence-corrected chi connectivity index (χ3v) is 3.46. The molecular weight excluding hydrogens is 234 g/mol. The number of nitrogens with one attached hydrogen (secondary N) is 2. The molecule has 0 radical (unpaired) electrons. The first-order valence-electron chi connectivity index (χ1n) is 5.71. The van der Waals surface area contributed by atoms with E-state index < -0.39 is 0 Å². The van der Waals surface area contributed by atoms with E-state index in [0.29, 0.717) is 6.54 Å². The summed E-state index contributed by atoms with van der Waals surface area (Å²) in [6.45, 7) is 3.48. The van der Waals surface area contributed by atoms with E-state index in [0.717, 1.165) is 17.0 Å². The highest BCUT2D eigenvalue weighted by atomic mass is 32.1. The molecule has 0 bridgehead atoms. The standard InChI is InChI=1S/C12H21N3OS/c1-9(13-2)7-14-12(16)11-10(5-6-17-11)8-15(3)4/h5-6,9,13H,7-8H2,1-4H3,(H,14,16). The summed E-state index contributed by atoms with van der Waals surface area (Å²) in [5.74, 6) is 0.0268. The van der Waals surface area contributed by atoms with Gasteiger partial charge in [0.25, 0.3) is 5.91 Å². The Bertz CT molecular complexity index is 362. The average molecular weight is 255 g/mol. The lowest BCUT2D eigenvalue weighted by molar-refractivity contribution is 0.0953. The van der Waals surface area contributed by atoms with Crippen LogP contribution in [0, 0.1) is 0 Å². The lowest BCUT2D eigenvalue weighted by Crippen LogP contribution is -2.37. The van der Waals surface area contributed by atoms with Crippen LogP contribution >= 0.6 is 11.3 Å². The molecule has 1 unspecified atom stereocenters. The fourth-order valence-corrected chi connectivity index (χ4v) is 2.26. The highest BCUT2D eigenvalue weighted by Gasteiger charge is 2.13. The van der Waals surface area contributed by atoms with Gasteiger partial charge in [0.05, 0.1) is 4.88 Å². The lowest BCUT2D eigenvalue weighted by atomic mass is 10.2. The Balaban J connectivity index is 2.59. The molecule has 1 heterocycles. The molecule has 0 aliphatic carbocycles. The van der Waals surface area contributed by atoms with Gasteiger partial charge in [-0.05, 0) is 45.1 Å². The van der Waals surface area contributed by atoms with E-state index in [-0.39, 0.29) is 11.9 Å². The Morgan fingerprint density at radius 1 is 1.53 bits per heavy atom. The van der Waals surface area contributed by atoms with E-state index in [4.69, 9.17) is 0 Å². The minimum absolute atomic E-state index is 0.0268. The third-order valence-electron chi connectivity index (χ3n) is 2.50. The highest BCUT2D eigenvalue weighted by Crippen LogP contribution is 2.17. The van der Waals surface area contributed by atoms with E-state index in [2.05, 4.69) is 15.5 Å². The second-order valence-electron chi connectivity index (χ2n) is 4.41. The number of carbonyl (C=O) groups is 1. The minimum Gasteiger partial charge on any atom is -0.350 e. The van der Waals surface area contributed by atoms with Crippen LogP contribution in [-0.4, -0.2) is 44.5 Å². The van der Waals surface area contributed by atoms with E-state index in [1.54, 1.807) is 0 Å². The summed E-state index contributed by atoms with van der Waals surface area (Å²) in [4.78, 5) is 14.9. The van der Waals surface area contributed by atoms with Gasteiger partial charge in [-0.25, -0.2) is 0 Å². The largest absolute Gasteiger partial charge is 0.350 e. The summed E-state index contributed by atoms with van der Waals surface area (Å²) >= 11 is 1.50. The van der Waals surface area contributed by atoms with Gasteiger partial charge in [-0.2, -0.15) is 0 Å². The Labute approximate surface area is 107 Å². The van der Waals surface area contributed by atoms with Crippen LogP contribution in [0.2, 0.25) is 0 Å². The second kappa shape index (κ2) is 6.74. The van der Waals surface area contributed by atoms with Gasteiger partial charge in [0.2, 0.25) is 0 Å². The zero-order valence-electron chi connectivity index (χ0n) is 10.9. The molecule has 2 N–H and O–H groups in total. The molecule has 1 amide bonds. The smallest absolute Gasteiger partial charge is 0.261 e. The number of likely N-dealkylation sites (N-methyl/N-ethyl adjacent to an activating group) is 1. The van der Waals surface area contributed by atoms with Crippen LogP contribution in [-0.2, 0) is 6.54 Å². The van der Waals surface area contributed by atoms with Gasteiger partial charge < -0.3 is 15.5 Å². The van der Waals surface area contributed by atoms with Gasteiger partial charge in [0, 0.05) is 19.1 Å². The molecule has 1 atom stereocenters. The van der Waals surface area contributed by atoms with E-state index in [9.17, 15) is 4.79 Å². The Morgan fingerprint density at radius 2 is 2.24 bits per heavy atom. The molecule has 1 rings (SSSR count). The minimum atomic E-state index is 0.0268. The molecule has 0 aliphatic heterocycles. The topological polar surface area (TPSA) is 44.4 Å². The van der Waals surface area contributed by atoms with Crippen molar-refractivity contribution in [3.8, 4) is 0 Å². The van der Waals surface area contributed by atoms with Gasteiger partial charge in [-0.1, -0.05) is 0 Å². The highest BCUT2D eigenvalue weighted by molar-refractivity contribution is 7.12. The molecule has 1 aromatic rings. The Kier molecular flexibility index (Phi) is 5.61. The van der Waals surface area contributed by atoms with Crippen LogP contribution in [0.5, 0.6) is 0 Å². The van der Waals surface area contributed by atoms with Crippen molar-refractivity contribution in [1.29, 1.82) is 0 Å². The van der Waals surface area contributed by atoms with Crippen molar-refractivity contribution in [2.75, 3.05) is 27.7 Å². The normalized spacial score (nSPS) is 12.8. The molecule has 17 heavy (non-hydrogen) atoms. The lowest BCUT2D eigenvalue weighted by Gasteiger charge is -2.13. The zero-order valence-corrected chi connectivity index (χ0v) is 11.7. The first-order valence-corrected chi connectivity index (χ1v) is 6.59. The average Bonchev–Trinajstić information content (AvgIpc) is 2.72. The van der Waals surface area contributed by atoms with E-state index in [1.807, 2.05) is 39.5 Å². The van der Waals surface area contributed by atoms with E-state index >= 15 is 0 Å². The number of carbonyl (C=O) groups excluding carboxylic acids is 1. The summed E-state index contributed by atoms with van der Waals surface area (Å²) in [7, 11) is 5.89. The van der Waals surface area contributed by atoms with Crippen molar-refractivity contribution in [3.05, 3.63) is 21.9 Å². The molecule has 0 aliphatic rings. The number of nitrogens with zero attached hydrogens (tertiary/aromatic N) is 1. The van der Waals surface area contributed by atoms with Crippen molar-refractivity contribution in [2.24, 2.45) is 0 Å². The van der Waals surface area contributed by atoms with Crippen LogP contribution in [0.1, 0.15) is 22.2 Å². The monoisotopic (exact) mass is 255 g/mol. The molecular formula is C12H21N3OS. The van der Waals surface area contributed by atoms with Gasteiger partial charge in [0.1, 0.15) is 0 Å². The van der Waals surface area contributed by atoms with Crippen LogP contribution in [0.25, 0.3) is 0 Å². The number of hydrogen-bond donors (Lipinski definition) is 2. The number of hydrogen-bond acceptors (Lipinski definition) is 4. The Morgan fingerprint density at radius 3 is 2.82 bits per heavy atom. The molecule has 0 spiro atoms. The van der Waals surface area contributed by atoms with Crippen molar-refractivity contribution >= 4 is 17.2 Å². The number of amides is 1. The first kappa shape index (κ1) is 14.2. The molecule has 4 nitrogen and oxygen atoms in total. The number of thiophene rings is 1. The summed E-state index contributed by atoms with van der Waals surface area (Å²) in [6.07, 6.45) is 0. The van der Waals surface area contributed by atoms with Crippen molar-refractivity contribution in [1.82, 2.24) is 15.5 Å². The molecule has 0 fully saturated rings.